The van der Waals surface area contributed by atoms with Crippen molar-refractivity contribution in [2.75, 3.05) is 0 Å². The van der Waals surface area contributed by atoms with Gasteiger partial charge in [-0.15, -0.1) is 0 Å². The second kappa shape index (κ2) is 17.1. The summed E-state index contributed by atoms with van der Waals surface area (Å²) in [5.74, 6) is -2.50. The average molecular weight is 211 g/mol. The van der Waals surface area contributed by atoms with Gasteiger partial charge in [0.1, 0.15) is 0 Å². The minimum Gasteiger partial charge on any atom is -0.481 e. The van der Waals surface area contributed by atoms with Crippen LogP contribution in [0.15, 0.2) is 0 Å². The van der Waals surface area contributed by atoms with Gasteiger partial charge in [0.15, 0.2) is 0 Å². The predicted molar refractivity (Wildman–Crippen MR) is 46.8 cm³/mol. The summed E-state index contributed by atoms with van der Waals surface area (Å²) in [4.78, 5) is 27.0. The number of hydrogen-bond acceptors (Lipinski definition) is 3. The highest BCUT2D eigenvalue weighted by Crippen LogP contribution is 1.42. The van der Waals surface area contributed by atoms with Crippen molar-refractivity contribution in [2.24, 2.45) is 0 Å². The maximum absolute atomic E-state index is 9.00. The predicted octanol–water partition coefficient (Wildman–Crippen LogP) is 1.13. The lowest BCUT2D eigenvalue weighted by Gasteiger charge is -1.59. The van der Waals surface area contributed by atoms with Crippen molar-refractivity contribution >= 4 is 27.8 Å². The molecule has 3 N–H and O–H groups in total. The van der Waals surface area contributed by atoms with E-state index >= 15 is 0 Å². The molecule has 0 heterocycles. The van der Waals surface area contributed by atoms with E-state index in [1.165, 1.54) is 0 Å². The Morgan fingerprint density at radius 1 is 0.692 bits per heavy atom. The van der Waals surface area contributed by atoms with E-state index in [2.05, 4.69) is 0 Å². The van der Waals surface area contributed by atoms with Gasteiger partial charge in [-0.1, -0.05) is 0 Å². The van der Waals surface area contributed by atoms with E-state index in [0.717, 1.165) is 20.8 Å². The number of aliphatic carboxylic acids is 3. The van der Waals surface area contributed by atoms with Gasteiger partial charge in [0.25, 0.3) is 17.9 Å². The number of hydrogen-bond donors (Lipinski definition) is 3. The van der Waals surface area contributed by atoms with Gasteiger partial charge in [-0.05, 0) is 0 Å². The standard InChI is InChI=1S/3C2H4O2.P/c3*1-2(3)4;/h3*1H3,(H,3,4);. The first-order chi connectivity index (χ1) is 5.20. The van der Waals surface area contributed by atoms with E-state index in [0.29, 0.717) is 0 Å². The van der Waals surface area contributed by atoms with Gasteiger partial charge in [-0.2, -0.15) is 0 Å². The molecule has 0 saturated carbocycles. The summed E-state index contributed by atoms with van der Waals surface area (Å²) in [5, 5.41) is 22.2. The zero-order valence-corrected chi connectivity index (χ0v) is 8.41. The number of carboxylic acid groups (broad SMARTS) is 3. The molecule has 7 heteroatoms. The van der Waals surface area contributed by atoms with E-state index in [-0.39, 0.29) is 9.90 Å². The summed E-state index contributed by atoms with van der Waals surface area (Å²) in [5.41, 5.74) is 0. The third-order valence-corrected chi connectivity index (χ3v) is 0. The minimum absolute atomic E-state index is 0. The molecule has 0 amide bonds. The van der Waals surface area contributed by atoms with E-state index in [4.69, 9.17) is 29.7 Å². The summed E-state index contributed by atoms with van der Waals surface area (Å²) in [6.45, 7) is 3.25. The van der Waals surface area contributed by atoms with Crippen LogP contribution >= 0.6 is 9.90 Å². The second-order valence-electron chi connectivity index (χ2n) is 1.56. The van der Waals surface area contributed by atoms with Crippen LogP contribution in [0, 0.1) is 0 Å². The summed E-state index contributed by atoms with van der Waals surface area (Å²) < 4.78 is 0. The second-order valence-corrected chi connectivity index (χ2v) is 1.56. The van der Waals surface area contributed by atoms with E-state index in [1.807, 2.05) is 0 Å². The monoisotopic (exact) mass is 211 g/mol. The zero-order chi connectivity index (χ0) is 10.7. The van der Waals surface area contributed by atoms with Crippen molar-refractivity contribution in [3.63, 3.8) is 0 Å². The molecule has 0 aromatic rings. The van der Waals surface area contributed by atoms with Gasteiger partial charge < -0.3 is 15.3 Å². The smallest absolute Gasteiger partial charge is 0.300 e. The Hall–Kier alpha value is -1.16. The molecule has 0 saturated heterocycles. The average Bonchev–Trinajstić information content (AvgIpc) is 1.54. The summed E-state index contributed by atoms with van der Waals surface area (Å²) >= 11 is 0. The largest absolute Gasteiger partial charge is 0.481 e. The van der Waals surface area contributed by atoms with Crippen molar-refractivity contribution in [1.82, 2.24) is 0 Å². The number of carbonyl (C=O) groups is 3. The Kier molecular flexibility index (Phi) is 29.7. The van der Waals surface area contributed by atoms with Crippen LogP contribution in [0.4, 0.5) is 0 Å². The van der Waals surface area contributed by atoms with Gasteiger partial charge >= 0.3 is 0 Å². The van der Waals surface area contributed by atoms with Crippen LogP contribution in [0.5, 0.6) is 0 Å². The molecule has 0 aliphatic rings. The van der Waals surface area contributed by atoms with E-state index in [1.54, 1.807) is 0 Å². The van der Waals surface area contributed by atoms with Crippen LogP contribution in [0.3, 0.4) is 0 Å². The highest BCUT2D eigenvalue weighted by Gasteiger charge is 1.66. The van der Waals surface area contributed by atoms with Crippen molar-refractivity contribution in [2.45, 2.75) is 20.8 Å². The normalized spacial score (nSPS) is 5.77. The molecule has 0 atom stereocenters. The Labute approximate surface area is 79.2 Å². The fraction of sp³-hybridized carbons (Fsp3) is 0.500. The topological polar surface area (TPSA) is 112 Å². The summed E-state index contributed by atoms with van der Waals surface area (Å²) in [7, 11) is 0. The fourth-order valence-electron chi connectivity index (χ4n) is 0. The molecule has 13 heavy (non-hydrogen) atoms. The highest BCUT2D eigenvalue weighted by atomic mass is 31.0. The number of carboxylic acids is 3. The third-order valence-electron chi connectivity index (χ3n) is 0. The van der Waals surface area contributed by atoms with Crippen LogP contribution in [-0.4, -0.2) is 33.2 Å². The lowest BCUT2D eigenvalue weighted by molar-refractivity contribution is -0.135. The zero-order valence-electron chi connectivity index (χ0n) is 7.51. The van der Waals surface area contributed by atoms with Gasteiger partial charge in [0.05, 0.1) is 0 Å². The van der Waals surface area contributed by atoms with Crippen LogP contribution in [0.25, 0.3) is 0 Å². The molecule has 3 radical (unpaired) electrons. The first-order valence-electron chi connectivity index (χ1n) is 2.78. The highest BCUT2D eigenvalue weighted by molar-refractivity contribution is 6.92. The summed E-state index contributed by atoms with van der Waals surface area (Å²) in [6.07, 6.45) is 0. The van der Waals surface area contributed by atoms with Crippen LogP contribution in [-0.2, 0) is 14.4 Å². The van der Waals surface area contributed by atoms with Gasteiger partial charge in [-0.25, -0.2) is 0 Å². The molecule has 77 valence electrons. The van der Waals surface area contributed by atoms with Crippen molar-refractivity contribution < 1.29 is 29.7 Å². The molecule has 0 aromatic heterocycles. The molecule has 0 bridgehead atoms. The van der Waals surface area contributed by atoms with Crippen molar-refractivity contribution in [3.8, 4) is 0 Å². The molecule has 0 unspecified atom stereocenters. The van der Waals surface area contributed by atoms with Crippen molar-refractivity contribution in [1.29, 1.82) is 0 Å². The lowest BCUT2D eigenvalue weighted by atomic mass is 10.9. The Morgan fingerprint density at radius 3 is 0.692 bits per heavy atom. The van der Waals surface area contributed by atoms with Crippen LogP contribution in [0.1, 0.15) is 20.8 Å². The van der Waals surface area contributed by atoms with E-state index < -0.39 is 17.9 Å². The van der Waals surface area contributed by atoms with Crippen molar-refractivity contribution in [3.05, 3.63) is 0 Å². The van der Waals surface area contributed by atoms with Gasteiger partial charge in [0, 0.05) is 30.7 Å². The molecule has 6 nitrogen and oxygen atoms in total. The Balaban J connectivity index is -0.0000000450. The Bertz CT molecular complexity index is 115. The molecule has 0 fully saturated rings. The molecule has 0 rings (SSSR count). The fourth-order valence-corrected chi connectivity index (χ4v) is 0. The Morgan fingerprint density at radius 2 is 0.692 bits per heavy atom. The lowest BCUT2D eigenvalue weighted by Crippen LogP contribution is -1.78. The summed E-state index contributed by atoms with van der Waals surface area (Å²) in [6, 6.07) is 0. The number of rotatable bonds is 0. The SMILES string of the molecule is CC(=O)O.CC(=O)O.CC(=O)O.[P]. The van der Waals surface area contributed by atoms with E-state index in [9.17, 15) is 0 Å². The first-order valence-corrected chi connectivity index (χ1v) is 2.78. The van der Waals surface area contributed by atoms with Crippen LogP contribution in [0.2, 0.25) is 0 Å². The molecule has 0 aliphatic heterocycles. The molecule has 0 spiro atoms. The van der Waals surface area contributed by atoms with Gasteiger partial charge in [0.2, 0.25) is 0 Å². The molecule has 0 aliphatic carbocycles. The first kappa shape index (κ1) is 22.6. The maximum Gasteiger partial charge on any atom is 0.300 e. The minimum atomic E-state index is -0.833. The molecule has 0 aromatic carbocycles. The third kappa shape index (κ3) is 630. The molecular weight excluding hydrogens is 199 g/mol. The van der Waals surface area contributed by atoms with Gasteiger partial charge in [-0.3, -0.25) is 14.4 Å². The maximum atomic E-state index is 9.00. The van der Waals surface area contributed by atoms with Crippen LogP contribution < -0.4 is 0 Å². The molecular formula is C6H12O6P. The quantitative estimate of drug-likeness (QED) is 0.518.